The van der Waals surface area contributed by atoms with E-state index in [9.17, 15) is 18.0 Å². The van der Waals surface area contributed by atoms with Crippen molar-refractivity contribution in [1.29, 1.82) is 0 Å². The minimum absolute atomic E-state index is 0.0203. The van der Waals surface area contributed by atoms with Crippen LogP contribution < -0.4 is 5.32 Å². The highest BCUT2D eigenvalue weighted by atomic mass is 19.4. The van der Waals surface area contributed by atoms with E-state index in [1.165, 1.54) is 18.4 Å². The number of aromatic nitrogens is 2. The van der Waals surface area contributed by atoms with Crippen LogP contribution in [0.2, 0.25) is 0 Å². The Morgan fingerprint density at radius 3 is 2.54 bits per heavy atom. The molecule has 0 radical (unpaired) electrons. The normalized spacial score (nSPS) is 11.5. The molecule has 3 aromatic rings. The van der Waals surface area contributed by atoms with Gasteiger partial charge in [0, 0.05) is 5.56 Å². The minimum Gasteiger partial charge on any atom is -0.467 e. The van der Waals surface area contributed by atoms with Gasteiger partial charge in [-0.25, -0.2) is 0 Å². The summed E-state index contributed by atoms with van der Waals surface area (Å²) in [6.45, 7) is 0.143. The van der Waals surface area contributed by atoms with Crippen LogP contribution in [0.4, 0.5) is 13.2 Å². The Morgan fingerprint density at radius 2 is 1.92 bits per heavy atom. The van der Waals surface area contributed by atoms with Crippen molar-refractivity contribution in [3.05, 3.63) is 59.9 Å². The predicted molar refractivity (Wildman–Crippen MR) is 74.6 cm³/mol. The van der Waals surface area contributed by atoms with Gasteiger partial charge < -0.3 is 14.3 Å². The highest BCUT2D eigenvalue weighted by Gasteiger charge is 2.30. The van der Waals surface area contributed by atoms with Gasteiger partial charge in [0.1, 0.15) is 5.76 Å². The lowest BCUT2D eigenvalue weighted by Crippen LogP contribution is -2.22. The fraction of sp³-hybridized carbons (Fsp3) is 0.133. The van der Waals surface area contributed by atoms with Crippen molar-refractivity contribution >= 4 is 5.91 Å². The number of furan rings is 1. The predicted octanol–water partition coefficient (Wildman–Crippen LogP) is 3.28. The molecule has 2 aromatic heterocycles. The maximum atomic E-state index is 12.5. The van der Waals surface area contributed by atoms with E-state index in [1.807, 2.05) is 0 Å². The third-order valence-corrected chi connectivity index (χ3v) is 3.09. The van der Waals surface area contributed by atoms with Crippen LogP contribution in [0.15, 0.2) is 51.6 Å². The fourth-order valence-electron chi connectivity index (χ4n) is 1.90. The first kappa shape index (κ1) is 15.8. The quantitative estimate of drug-likeness (QED) is 0.790. The molecule has 0 saturated carbocycles. The molecular weight excluding hydrogens is 327 g/mol. The Hall–Kier alpha value is -3.10. The second-order valence-electron chi connectivity index (χ2n) is 4.76. The van der Waals surface area contributed by atoms with Gasteiger partial charge in [0.15, 0.2) is 0 Å². The molecule has 1 aromatic carbocycles. The summed E-state index contributed by atoms with van der Waals surface area (Å²) in [5.41, 5.74) is -0.483. The van der Waals surface area contributed by atoms with E-state index in [0.717, 1.165) is 12.1 Å². The van der Waals surface area contributed by atoms with Crippen LogP contribution in [-0.4, -0.2) is 16.0 Å². The zero-order chi connectivity index (χ0) is 17.2. The molecule has 0 aliphatic carbocycles. The molecule has 0 fully saturated rings. The Morgan fingerprint density at radius 1 is 1.17 bits per heavy atom. The molecule has 0 unspecified atom stereocenters. The van der Waals surface area contributed by atoms with Gasteiger partial charge in [0.05, 0.1) is 18.4 Å². The Balaban J connectivity index is 1.69. The largest absolute Gasteiger partial charge is 0.467 e. The molecule has 0 atom stereocenters. The molecule has 24 heavy (non-hydrogen) atoms. The van der Waals surface area contributed by atoms with Crippen molar-refractivity contribution in [2.75, 3.05) is 0 Å². The summed E-state index contributed by atoms with van der Waals surface area (Å²) in [7, 11) is 0. The van der Waals surface area contributed by atoms with Gasteiger partial charge in [-0.15, -0.1) is 0 Å². The molecule has 0 aliphatic rings. The first-order valence-electron chi connectivity index (χ1n) is 6.75. The van der Waals surface area contributed by atoms with E-state index in [2.05, 4.69) is 15.5 Å². The number of rotatable bonds is 4. The molecule has 1 amide bonds. The topological polar surface area (TPSA) is 81.2 Å². The lowest BCUT2D eigenvalue weighted by molar-refractivity contribution is -0.137. The lowest BCUT2D eigenvalue weighted by atomic mass is 10.1. The van der Waals surface area contributed by atoms with Crippen molar-refractivity contribution in [3.63, 3.8) is 0 Å². The first-order valence-corrected chi connectivity index (χ1v) is 6.75. The summed E-state index contributed by atoms with van der Waals surface area (Å²) >= 11 is 0. The van der Waals surface area contributed by atoms with Crippen LogP contribution in [0.3, 0.4) is 0 Å². The molecule has 0 spiro atoms. The van der Waals surface area contributed by atoms with E-state index >= 15 is 0 Å². The number of alkyl halides is 3. The number of amides is 1. The molecule has 0 aliphatic heterocycles. The standard InChI is InChI=1S/C15H10F3N3O3/c16-15(17,18)10-5-3-9(4-6-10)12-20-14(24-21-12)13(22)19-8-11-2-1-7-23-11/h1-7H,8H2,(H,19,22). The van der Waals surface area contributed by atoms with E-state index < -0.39 is 17.6 Å². The van der Waals surface area contributed by atoms with E-state index in [4.69, 9.17) is 8.94 Å². The molecule has 3 rings (SSSR count). The monoisotopic (exact) mass is 337 g/mol. The number of nitrogens with zero attached hydrogens (tertiary/aromatic N) is 2. The van der Waals surface area contributed by atoms with Crippen LogP contribution in [0.5, 0.6) is 0 Å². The second kappa shape index (κ2) is 6.19. The summed E-state index contributed by atoms with van der Waals surface area (Å²) in [5, 5.41) is 6.11. The number of halogens is 3. The van der Waals surface area contributed by atoms with Crippen LogP contribution in [-0.2, 0) is 12.7 Å². The third kappa shape index (κ3) is 3.45. The number of benzene rings is 1. The summed E-state index contributed by atoms with van der Waals surface area (Å²) in [5.74, 6) is -0.341. The van der Waals surface area contributed by atoms with Crippen molar-refractivity contribution in [2.24, 2.45) is 0 Å². The summed E-state index contributed by atoms with van der Waals surface area (Å²) in [6.07, 6.45) is -2.95. The number of hydrogen-bond acceptors (Lipinski definition) is 5. The summed E-state index contributed by atoms with van der Waals surface area (Å²) < 4.78 is 47.5. The highest BCUT2D eigenvalue weighted by Crippen LogP contribution is 2.30. The molecule has 124 valence electrons. The number of nitrogens with one attached hydrogen (secondary N) is 1. The maximum absolute atomic E-state index is 12.5. The van der Waals surface area contributed by atoms with Gasteiger partial charge in [-0.3, -0.25) is 4.79 Å². The average molecular weight is 337 g/mol. The third-order valence-electron chi connectivity index (χ3n) is 3.09. The SMILES string of the molecule is O=C(NCc1ccco1)c1nc(-c2ccc(C(F)(F)F)cc2)no1. The molecule has 1 N–H and O–H groups in total. The van der Waals surface area contributed by atoms with E-state index in [1.54, 1.807) is 12.1 Å². The van der Waals surface area contributed by atoms with Crippen molar-refractivity contribution in [3.8, 4) is 11.4 Å². The van der Waals surface area contributed by atoms with Gasteiger partial charge in [-0.2, -0.15) is 18.2 Å². The Labute approximate surface area is 133 Å². The van der Waals surface area contributed by atoms with Gasteiger partial charge in [-0.1, -0.05) is 17.3 Å². The molecular formula is C15H10F3N3O3. The molecule has 9 heteroatoms. The van der Waals surface area contributed by atoms with Crippen LogP contribution in [0, 0.1) is 0 Å². The van der Waals surface area contributed by atoms with Gasteiger partial charge >= 0.3 is 18.0 Å². The highest BCUT2D eigenvalue weighted by molar-refractivity contribution is 5.89. The van der Waals surface area contributed by atoms with Crippen LogP contribution >= 0.6 is 0 Å². The van der Waals surface area contributed by atoms with Crippen molar-refractivity contribution in [2.45, 2.75) is 12.7 Å². The van der Waals surface area contributed by atoms with E-state index in [0.29, 0.717) is 11.3 Å². The number of hydrogen-bond donors (Lipinski definition) is 1. The van der Waals surface area contributed by atoms with E-state index in [-0.39, 0.29) is 18.3 Å². The molecule has 6 nitrogen and oxygen atoms in total. The van der Waals surface area contributed by atoms with Gasteiger partial charge in [-0.05, 0) is 24.3 Å². The zero-order valence-electron chi connectivity index (χ0n) is 12.0. The Kier molecular flexibility index (Phi) is 4.07. The second-order valence-corrected chi connectivity index (χ2v) is 4.76. The van der Waals surface area contributed by atoms with Gasteiger partial charge in [0.25, 0.3) is 0 Å². The first-order chi connectivity index (χ1) is 11.4. The number of carbonyl (C=O) groups is 1. The molecule has 0 bridgehead atoms. The Bertz CT molecular complexity index is 824. The minimum atomic E-state index is -4.42. The summed E-state index contributed by atoms with van der Waals surface area (Å²) in [6, 6.07) is 7.58. The number of carbonyl (C=O) groups excluding carboxylic acids is 1. The van der Waals surface area contributed by atoms with Crippen molar-refractivity contribution < 1.29 is 26.9 Å². The van der Waals surface area contributed by atoms with Crippen LogP contribution in [0.1, 0.15) is 22.0 Å². The van der Waals surface area contributed by atoms with Crippen LogP contribution in [0.25, 0.3) is 11.4 Å². The summed E-state index contributed by atoms with van der Waals surface area (Å²) in [4.78, 5) is 15.7. The molecule has 0 saturated heterocycles. The smallest absolute Gasteiger partial charge is 0.416 e. The maximum Gasteiger partial charge on any atom is 0.416 e. The van der Waals surface area contributed by atoms with Gasteiger partial charge in [0.2, 0.25) is 5.82 Å². The van der Waals surface area contributed by atoms with Crippen molar-refractivity contribution in [1.82, 2.24) is 15.5 Å². The zero-order valence-corrected chi connectivity index (χ0v) is 12.0. The molecule has 2 heterocycles. The average Bonchev–Trinajstić information content (AvgIpc) is 3.23. The lowest BCUT2D eigenvalue weighted by Gasteiger charge is -2.05. The fourth-order valence-corrected chi connectivity index (χ4v) is 1.90.